The Labute approximate surface area is 277 Å². The molecule has 0 aromatic heterocycles. The third-order valence-corrected chi connectivity index (χ3v) is 7.16. The first-order valence-electron chi connectivity index (χ1n) is 10.4. The van der Waals surface area contributed by atoms with Crippen molar-refractivity contribution in [2.75, 3.05) is 11.1 Å². The second kappa shape index (κ2) is 13.3. The van der Waals surface area contributed by atoms with E-state index >= 15 is 0 Å². The van der Waals surface area contributed by atoms with Gasteiger partial charge in [0.05, 0.1) is 16.0 Å². The van der Waals surface area contributed by atoms with Crippen LogP contribution in [0.25, 0.3) is 10.8 Å². The molecule has 6 N–H and O–H groups in total. The summed E-state index contributed by atoms with van der Waals surface area (Å²) in [5.74, 6) is -1.18. The fourth-order valence-corrected chi connectivity index (χ4v) is 4.86. The summed E-state index contributed by atoms with van der Waals surface area (Å²) in [7, 11) is -9.48. The maximum Gasteiger partial charge on any atom is 0.296 e. The molecule has 17 heteroatoms. The first kappa shape index (κ1) is 34.1. The smallest absolute Gasteiger partial charge is 0.296 e. The topological polar surface area (TPSA) is 209 Å². The molecule has 4 rings (SSSR count). The van der Waals surface area contributed by atoms with Crippen molar-refractivity contribution in [3.8, 4) is 5.75 Å². The van der Waals surface area contributed by atoms with Crippen molar-refractivity contribution >= 4 is 130 Å². The predicted molar refractivity (Wildman–Crippen MR) is 151 cm³/mol. The monoisotopic (exact) mass is 622 g/mol. The number of phenols is 1. The molecule has 0 aliphatic carbocycles. The van der Waals surface area contributed by atoms with Gasteiger partial charge in [-0.2, -0.15) is 16.8 Å². The Bertz CT molecular complexity index is 1870. The average molecular weight is 623 g/mol. The Morgan fingerprint density at radius 1 is 0.875 bits per heavy atom. The van der Waals surface area contributed by atoms with Gasteiger partial charge in [-0.1, -0.05) is 23.7 Å². The number of nitrogen functional groups attached to an aromatic ring is 1. The van der Waals surface area contributed by atoms with Gasteiger partial charge in [0.1, 0.15) is 22.0 Å². The van der Waals surface area contributed by atoms with Gasteiger partial charge in [0.15, 0.2) is 0 Å². The van der Waals surface area contributed by atoms with Gasteiger partial charge in [-0.05, 0) is 53.9 Å². The van der Waals surface area contributed by atoms with Crippen molar-refractivity contribution in [1.82, 2.24) is 0 Å². The zero-order valence-corrected chi connectivity index (χ0v) is 27.3. The van der Waals surface area contributed by atoms with Crippen LogP contribution in [0.4, 0.5) is 22.7 Å². The summed E-state index contributed by atoms with van der Waals surface area (Å²) in [6.45, 7) is 0. The molecule has 12 nitrogen and oxygen atoms in total. The van der Waals surface area contributed by atoms with E-state index in [1.165, 1.54) is 30.3 Å². The molecule has 4 aromatic rings. The maximum atomic E-state index is 12.5. The number of azo groups is 1. The van der Waals surface area contributed by atoms with E-state index in [0.717, 1.165) is 24.3 Å². The van der Waals surface area contributed by atoms with Crippen molar-refractivity contribution in [2.45, 2.75) is 9.79 Å². The van der Waals surface area contributed by atoms with E-state index < -0.39 is 41.7 Å². The molecule has 0 atom stereocenters. The Morgan fingerprint density at radius 2 is 1.57 bits per heavy atom. The van der Waals surface area contributed by atoms with Crippen LogP contribution in [0.5, 0.6) is 5.75 Å². The number of carbonyl (C=O) groups is 1. The molecule has 4 aromatic carbocycles. The van der Waals surface area contributed by atoms with Gasteiger partial charge >= 0.3 is 0 Å². The van der Waals surface area contributed by atoms with E-state index in [9.17, 15) is 35.8 Å². The molecule has 0 aliphatic rings. The van der Waals surface area contributed by atoms with Gasteiger partial charge in [0.2, 0.25) is 0 Å². The molecule has 1 amide bonds. The van der Waals surface area contributed by atoms with Gasteiger partial charge in [-0.15, -0.1) is 10.2 Å². The van der Waals surface area contributed by atoms with Crippen LogP contribution < -0.4 is 11.1 Å². The first-order chi connectivity index (χ1) is 17.7. The van der Waals surface area contributed by atoms with E-state index in [-0.39, 0.29) is 98.2 Å². The van der Waals surface area contributed by atoms with Crippen LogP contribution in [0.1, 0.15) is 10.4 Å². The Hall–Kier alpha value is -2.08. The van der Waals surface area contributed by atoms with Gasteiger partial charge in [-0.25, -0.2) is 0 Å². The zero-order chi connectivity index (χ0) is 27.8. The number of fused-ring (bicyclic) bond motifs is 1. The minimum Gasteiger partial charge on any atom is -0.507 e. The number of nitrogens with one attached hydrogen (secondary N) is 1. The number of anilines is 2. The minimum atomic E-state index is -4.85. The summed E-state index contributed by atoms with van der Waals surface area (Å²) in [4.78, 5) is 11.2. The molecular formula is C23H17ClN4Na2O8S2. The van der Waals surface area contributed by atoms with Gasteiger partial charge < -0.3 is 16.2 Å². The second-order valence-corrected chi connectivity index (χ2v) is 11.1. The number of benzene rings is 4. The molecule has 0 spiro atoms. The third kappa shape index (κ3) is 7.80. The average Bonchev–Trinajstić information content (AvgIpc) is 2.82. The van der Waals surface area contributed by atoms with Crippen LogP contribution in [0, 0.1) is 0 Å². The first-order valence-corrected chi connectivity index (χ1v) is 13.6. The number of rotatable bonds is 6. The molecule has 0 bridgehead atoms. The van der Waals surface area contributed by atoms with Crippen LogP contribution in [-0.4, -0.2) is 96.1 Å². The molecule has 0 fully saturated rings. The van der Waals surface area contributed by atoms with Crippen LogP contribution in [0.15, 0.2) is 86.7 Å². The third-order valence-electron chi connectivity index (χ3n) is 5.21. The number of carbonyl (C=O) groups excluding carboxylic acids is 1. The van der Waals surface area contributed by atoms with E-state index in [1.807, 2.05) is 0 Å². The fourth-order valence-electron chi connectivity index (χ4n) is 3.49. The summed E-state index contributed by atoms with van der Waals surface area (Å²) in [5, 5.41) is 21.1. The van der Waals surface area contributed by atoms with Crippen LogP contribution in [0.3, 0.4) is 0 Å². The minimum absolute atomic E-state index is 0. The number of amides is 1. The van der Waals surface area contributed by atoms with Crippen molar-refractivity contribution in [1.29, 1.82) is 0 Å². The Kier molecular flexibility index (Phi) is 11.3. The van der Waals surface area contributed by atoms with E-state index in [1.54, 1.807) is 12.1 Å². The summed E-state index contributed by atoms with van der Waals surface area (Å²) in [6.07, 6.45) is 0. The van der Waals surface area contributed by atoms with Gasteiger partial charge in [-0.3, -0.25) is 13.9 Å². The number of hydrogen-bond donors (Lipinski definition) is 5. The quantitative estimate of drug-likeness (QED) is 0.0902. The van der Waals surface area contributed by atoms with Crippen LogP contribution in [0.2, 0.25) is 5.02 Å². The summed E-state index contributed by atoms with van der Waals surface area (Å²) < 4.78 is 66.1. The molecule has 0 unspecified atom stereocenters. The van der Waals surface area contributed by atoms with E-state index in [2.05, 4.69) is 15.5 Å². The number of halogens is 1. The number of nitrogens with two attached hydrogens (primary N) is 1. The number of phenolic OH excluding ortho intramolecular Hbond substituents is 1. The standard InChI is InChI=1S/C23H17ClN4O8S2.2Na/c24-14-3-1-2-13(8-14)23(30)26-15-5-7-18(20(10-15)38(34,35)36)27-28-22-17(25)6-4-12-9-16(37(31,32)33)11-19(29)21(12)22;;/h1-11,29H,25H2,(H,26,30)(H,31,32,33)(H,34,35,36);;. The largest absolute Gasteiger partial charge is 0.507 e. The molecule has 0 saturated heterocycles. The molecule has 2 radical (unpaired) electrons. The number of nitrogens with zero attached hydrogens (tertiary/aromatic N) is 2. The van der Waals surface area contributed by atoms with Gasteiger partial charge in [0.25, 0.3) is 26.1 Å². The van der Waals surface area contributed by atoms with Gasteiger partial charge in [0, 0.05) is 81.5 Å². The van der Waals surface area contributed by atoms with E-state index in [0.29, 0.717) is 5.02 Å². The van der Waals surface area contributed by atoms with Crippen LogP contribution >= 0.6 is 11.6 Å². The molecule has 0 saturated carbocycles. The van der Waals surface area contributed by atoms with Crippen molar-refractivity contribution in [2.24, 2.45) is 10.2 Å². The molecule has 198 valence electrons. The summed E-state index contributed by atoms with van der Waals surface area (Å²) >= 11 is 5.89. The van der Waals surface area contributed by atoms with Crippen molar-refractivity contribution in [3.63, 3.8) is 0 Å². The fraction of sp³-hybridized carbons (Fsp3) is 0. The second-order valence-electron chi connectivity index (χ2n) is 7.84. The Morgan fingerprint density at radius 3 is 2.20 bits per heavy atom. The summed E-state index contributed by atoms with van der Waals surface area (Å²) in [6, 6.07) is 14.1. The van der Waals surface area contributed by atoms with E-state index in [4.69, 9.17) is 17.3 Å². The molecule has 40 heavy (non-hydrogen) atoms. The normalized spacial score (nSPS) is 11.6. The predicted octanol–water partition coefficient (Wildman–Crippen LogP) is 4.18. The SMILES string of the molecule is Nc1ccc2cc(S(=O)(=O)O)cc(O)c2c1N=Nc1ccc(NC(=O)c2cccc(Cl)c2)cc1S(=O)(=O)O.[Na].[Na]. The van der Waals surface area contributed by atoms with Crippen molar-refractivity contribution in [3.05, 3.63) is 77.3 Å². The molecular weight excluding hydrogens is 606 g/mol. The van der Waals surface area contributed by atoms with Crippen LogP contribution in [-0.2, 0) is 20.2 Å². The number of aromatic hydroxyl groups is 1. The molecule has 0 aliphatic heterocycles. The maximum absolute atomic E-state index is 12.5. The Balaban J connectivity index is 0.00000280. The molecule has 0 heterocycles. The summed E-state index contributed by atoms with van der Waals surface area (Å²) in [5.41, 5.74) is 5.70. The van der Waals surface area contributed by atoms with Crippen molar-refractivity contribution < 1.29 is 35.8 Å². The number of hydrogen-bond acceptors (Lipinski definition) is 9. The zero-order valence-electron chi connectivity index (χ0n) is 20.9.